The highest BCUT2D eigenvalue weighted by Gasteiger charge is 2.31. The first kappa shape index (κ1) is 26.6. The van der Waals surface area contributed by atoms with Crippen LogP contribution in [-0.4, -0.2) is 41.8 Å². The van der Waals surface area contributed by atoms with Crippen LogP contribution in [0.3, 0.4) is 0 Å². The number of amides is 1. The third-order valence-corrected chi connectivity index (χ3v) is 5.10. The van der Waals surface area contributed by atoms with Crippen molar-refractivity contribution >= 4 is 30.0 Å². The van der Waals surface area contributed by atoms with Gasteiger partial charge in [0.25, 0.3) is 0 Å². The smallest absolute Gasteiger partial charge is 0.308 e. The Kier molecular flexibility index (Phi) is 9.28. The fourth-order valence-corrected chi connectivity index (χ4v) is 3.60. The quantitative estimate of drug-likeness (QED) is 0.446. The number of hydrogen-bond donors (Lipinski definition) is 2. The maximum atomic E-state index is 12.9. The standard InChI is InChI=1S/C25H32N2O5.ClH/c1-17(28)32-22-12-11-21(31-16-19(29)14-26-25(2,3)4)20-10-13-23(30)27(24(20)22)15-18-8-6-5-7-9-18;/h5-9,11-12,19,26,29H,10,13-16H2,1-4H3;1H. The molecule has 1 aliphatic heterocycles. The number of anilines is 1. The zero-order valence-corrected chi connectivity index (χ0v) is 20.4. The second kappa shape index (κ2) is 11.5. The molecule has 1 aliphatic rings. The Morgan fingerprint density at radius 2 is 1.79 bits per heavy atom. The minimum atomic E-state index is -0.691. The minimum absolute atomic E-state index is 0. The van der Waals surface area contributed by atoms with Crippen LogP contribution in [0.5, 0.6) is 11.5 Å². The highest BCUT2D eigenvalue weighted by Crippen LogP contribution is 2.43. The zero-order valence-electron chi connectivity index (χ0n) is 19.6. The van der Waals surface area contributed by atoms with Crippen LogP contribution in [0, 0.1) is 0 Å². The van der Waals surface area contributed by atoms with E-state index < -0.39 is 12.1 Å². The largest absolute Gasteiger partial charge is 0.490 e. The van der Waals surface area contributed by atoms with Gasteiger partial charge in [-0.15, -0.1) is 12.4 Å². The number of ether oxygens (including phenoxy) is 2. The van der Waals surface area contributed by atoms with Crippen LogP contribution in [0.25, 0.3) is 0 Å². The molecule has 0 aromatic heterocycles. The van der Waals surface area contributed by atoms with Crippen molar-refractivity contribution in [1.82, 2.24) is 5.32 Å². The normalized spacial score (nSPS) is 14.2. The molecule has 2 aromatic carbocycles. The van der Waals surface area contributed by atoms with Gasteiger partial charge in [0, 0.05) is 31.0 Å². The van der Waals surface area contributed by atoms with E-state index in [0.717, 1.165) is 11.1 Å². The van der Waals surface area contributed by atoms with Gasteiger partial charge in [-0.25, -0.2) is 0 Å². The molecule has 0 aliphatic carbocycles. The monoisotopic (exact) mass is 476 g/mol. The molecule has 1 amide bonds. The van der Waals surface area contributed by atoms with Crippen LogP contribution < -0.4 is 19.7 Å². The molecule has 1 heterocycles. The van der Waals surface area contributed by atoms with Gasteiger partial charge in [0.1, 0.15) is 18.5 Å². The first-order valence-corrected chi connectivity index (χ1v) is 10.9. The number of rotatable bonds is 8. The summed E-state index contributed by atoms with van der Waals surface area (Å²) >= 11 is 0. The molecule has 0 spiro atoms. The van der Waals surface area contributed by atoms with E-state index in [9.17, 15) is 14.7 Å². The number of hydrogen-bond acceptors (Lipinski definition) is 6. The molecule has 1 unspecified atom stereocenters. The number of β-amino-alcohol motifs (C(OH)–C–C–N with tert-alkyl or cyclic N) is 1. The van der Waals surface area contributed by atoms with Crippen LogP contribution in [0.1, 0.15) is 45.2 Å². The SMILES string of the molecule is CC(=O)Oc1ccc(OCC(O)CNC(C)(C)C)c2c1N(Cc1ccccc1)C(=O)CC2.Cl. The fourth-order valence-electron chi connectivity index (χ4n) is 3.60. The Balaban J connectivity index is 0.00000385. The van der Waals surface area contributed by atoms with Crippen LogP contribution in [0.15, 0.2) is 42.5 Å². The highest BCUT2D eigenvalue weighted by atomic mass is 35.5. The van der Waals surface area contributed by atoms with Crippen molar-refractivity contribution in [1.29, 1.82) is 0 Å². The van der Waals surface area contributed by atoms with E-state index in [0.29, 0.717) is 43.1 Å². The summed E-state index contributed by atoms with van der Waals surface area (Å²) in [6.45, 7) is 8.30. The number of carbonyl (C=O) groups excluding carboxylic acids is 2. The number of carbonyl (C=O) groups is 2. The maximum Gasteiger partial charge on any atom is 0.308 e. The summed E-state index contributed by atoms with van der Waals surface area (Å²) in [5, 5.41) is 13.6. The summed E-state index contributed by atoms with van der Waals surface area (Å²) in [4.78, 5) is 26.2. The third kappa shape index (κ3) is 7.45. The molecular weight excluding hydrogens is 444 g/mol. The van der Waals surface area contributed by atoms with E-state index in [1.165, 1.54) is 6.92 Å². The molecule has 7 nitrogen and oxygen atoms in total. The lowest BCUT2D eigenvalue weighted by molar-refractivity contribution is -0.132. The molecule has 3 rings (SSSR count). The average molecular weight is 477 g/mol. The maximum absolute atomic E-state index is 12.9. The highest BCUT2D eigenvalue weighted by molar-refractivity contribution is 5.99. The van der Waals surface area contributed by atoms with Crippen molar-refractivity contribution in [3.8, 4) is 11.5 Å². The predicted octanol–water partition coefficient (Wildman–Crippen LogP) is 3.64. The number of aliphatic hydroxyl groups excluding tert-OH is 1. The minimum Gasteiger partial charge on any atom is -0.490 e. The molecule has 1 atom stereocenters. The molecule has 2 aromatic rings. The Bertz CT molecular complexity index is 959. The zero-order chi connectivity index (χ0) is 23.3. The topological polar surface area (TPSA) is 88.1 Å². The predicted molar refractivity (Wildman–Crippen MR) is 130 cm³/mol. The first-order chi connectivity index (χ1) is 15.1. The summed E-state index contributed by atoms with van der Waals surface area (Å²) in [6, 6.07) is 13.0. The van der Waals surface area contributed by atoms with Crippen LogP contribution in [0.2, 0.25) is 0 Å². The van der Waals surface area contributed by atoms with Gasteiger partial charge in [-0.3, -0.25) is 9.59 Å². The van der Waals surface area contributed by atoms with Gasteiger partial charge in [-0.1, -0.05) is 30.3 Å². The number of halogens is 1. The fraction of sp³-hybridized carbons (Fsp3) is 0.440. The van der Waals surface area contributed by atoms with E-state index in [1.54, 1.807) is 17.0 Å². The molecule has 33 heavy (non-hydrogen) atoms. The van der Waals surface area contributed by atoms with Crippen molar-refractivity contribution in [3.05, 3.63) is 53.6 Å². The van der Waals surface area contributed by atoms with E-state index in [-0.39, 0.29) is 30.5 Å². The van der Waals surface area contributed by atoms with Crippen molar-refractivity contribution in [3.63, 3.8) is 0 Å². The Hall–Kier alpha value is -2.61. The van der Waals surface area contributed by atoms with E-state index >= 15 is 0 Å². The summed E-state index contributed by atoms with van der Waals surface area (Å²) in [5.41, 5.74) is 2.22. The number of benzene rings is 2. The molecule has 0 bridgehead atoms. The summed E-state index contributed by atoms with van der Waals surface area (Å²) in [5.74, 6) is 0.415. The Labute approximate surface area is 201 Å². The molecule has 0 saturated carbocycles. The summed E-state index contributed by atoms with van der Waals surface area (Å²) in [6.07, 6.45) is 0.109. The van der Waals surface area contributed by atoms with Gasteiger partial charge in [0.15, 0.2) is 5.75 Å². The van der Waals surface area contributed by atoms with Crippen molar-refractivity contribution < 1.29 is 24.2 Å². The third-order valence-electron chi connectivity index (χ3n) is 5.10. The summed E-state index contributed by atoms with van der Waals surface area (Å²) in [7, 11) is 0. The lowest BCUT2D eigenvalue weighted by Gasteiger charge is -2.32. The molecular formula is C25H33ClN2O5. The van der Waals surface area contributed by atoms with Gasteiger partial charge in [0.05, 0.1) is 12.2 Å². The van der Waals surface area contributed by atoms with E-state index in [1.807, 2.05) is 51.1 Å². The van der Waals surface area contributed by atoms with Gasteiger partial charge in [-0.2, -0.15) is 0 Å². The Morgan fingerprint density at radius 1 is 1.12 bits per heavy atom. The molecule has 0 radical (unpaired) electrons. The lowest BCUT2D eigenvalue weighted by atomic mass is 9.98. The van der Waals surface area contributed by atoms with Crippen molar-refractivity contribution in [2.45, 2.75) is 58.7 Å². The van der Waals surface area contributed by atoms with Crippen molar-refractivity contribution in [2.75, 3.05) is 18.1 Å². The van der Waals surface area contributed by atoms with E-state index in [4.69, 9.17) is 9.47 Å². The first-order valence-electron chi connectivity index (χ1n) is 10.9. The van der Waals surface area contributed by atoms with Crippen LogP contribution >= 0.6 is 12.4 Å². The molecule has 180 valence electrons. The number of nitrogens with one attached hydrogen (secondary N) is 1. The number of nitrogens with zero attached hydrogens (tertiary/aromatic N) is 1. The second-order valence-corrected chi connectivity index (χ2v) is 9.04. The van der Waals surface area contributed by atoms with E-state index in [2.05, 4.69) is 5.32 Å². The lowest BCUT2D eigenvalue weighted by Crippen LogP contribution is -2.42. The van der Waals surface area contributed by atoms with Gasteiger partial charge >= 0.3 is 5.97 Å². The second-order valence-electron chi connectivity index (χ2n) is 9.04. The summed E-state index contributed by atoms with van der Waals surface area (Å²) < 4.78 is 11.4. The molecule has 0 fully saturated rings. The number of fused-ring (bicyclic) bond motifs is 1. The van der Waals surface area contributed by atoms with Gasteiger partial charge < -0.3 is 24.8 Å². The average Bonchev–Trinajstić information content (AvgIpc) is 2.73. The number of esters is 1. The van der Waals surface area contributed by atoms with Crippen LogP contribution in [-0.2, 0) is 22.6 Å². The molecule has 2 N–H and O–H groups in total. The molecule has 0 saturated heterocycles. The molecule has 8 heteroatoms. The number of aliphatic hydroxyl groups is 1. The van der Waals surface area contributed by atoms with Crippen molar-refractivity contribution in [2.24, 2.45) is 0 Å². The Morgan fingerprint density at radius 3 is 2.42 bits per heavy atom. The van der Waals surface area contributed by atoms with Crippen LogP contribution in [0.4, 0.5) is 5.69 Å². The van der Waals surface area contributed by atoms with Gasteiger partial charge in [0.2, 0.25) is 5.91 Å². The van der Waals surface area contributed by atoms with Gasteiger partial charge in [-0.05, 0) is 44.9 Å².